The highest BCUT2D eigenvalue weighted by molar-refractivity contribution is 9.10. The summed E-state index contributed by atoms with van der Waals surface area (Å²) in [6.07, 6.45) is 2.11. The molecule has 5 nitrogen and oxygen atoms in total. The van der Waals surface area contributed by atoms with Gasteiger partial charge in [0.05, 0.1) is 0 Å². The Balaban J connectivity index is 0.000000186. The fourth-order valence-electron chi connectivity index (χ4n) is 1.73. The van der Waals surface area contributed by atoms with Crippen LogP contribution in [0, 0.1) is 0 Å². The van der Waals surface area contributed by atoms with Crippen LogP contribution in [0.4, 0.5) is 0 Å². The molecular formula is C13H14BrN3O2. The van der Waals surface area contributed by atoms with Crippen LogP contribution in [0.5, 0.6) is 0 Å². The summed E-state index contributed by atoms with van der Waals surface area (Å²) < 4.78 is 5.05. The highest BCUT2D eigenvalue weighted by Crippen LogP contribution is 2.12. The van der Waals surface area contributed by atoms with E-state index >= 15 is 0 Å². The van der Waals surface area contributed by atoms with Crippen molar-refractivity contribution >= 4 is 21.8 Å². The zero-order chi connectivity index (χ0) is 13.5. The van der Waals surface area contributed by atoms with E-state index in [-0.39, 0.29) is 11.8 Å². The fraction of sp³-hybridized carbons (Fsp3) is 0.308. The van der Waals surface area contributed by atoms with Gasteiger partial charge in [0.15, 0.2) is 0 Å². The minimum absolute atomic E-state index is 0.0637. The SMILES string of the molecule is O=C(c1nc(Br)no1)N1CCCC1.c1ccccc1. The number of nitrogens with zero attached hydrogens (tertiary/aromatic N) is 3. The summed E-state index contributed by atoms with van der Waals surface area (Å²) in [4.78, 5) is 17.1. The van der Waals surface area contributed by atoms with E-state index in [9.17, 15) is 4.79 Å². The van der Waals surface area contributed by atoms with Gasteiger partial charge in [-0.2, -0.15) is 4.98 Å². The molecule has 0 atom stereocenters. The van der Waals surface area contributed by atoms with Crippen molar-refractivity contribution in [1.82, 2.24) is 15.0 Å². The van der Waals surface area contributed by atoms with Crippen molar-refractivity contribution in [3.8, 4) is 0 Å². The first-order chi connectivity index (χ1) is 9.27. The Morgan fingerprint density at radius 3 is 2.05 bits per heavy atom. The average Bonchev–Trinajstić information content (AvgIpc) is 3.12. The van der Waals surface area contributed by atoms with E-state index in [1.54, 1.807) is 4.90 Å². The predicted molar refractivity (Wildman–Crippen MR) is 73.6 cm³/mol. The second-order valence-corrected chi connectivity index (χ2v) is 4.73. The third kappa shape index (κ3) is 4.17. The average molecular weight is 324 g/mol. The molecular weight excluding hydrogens is 310 g/mol. The van der Waals surface area contributed by atoms with Gasteiger partial charge in [0.2, 0.25) is 4.73 Å². The maximum atomic E-state index is 11.6. The van der Waals surface area contributed by atoms with E-state index in [1.165, 1.54) is 0 Å². The third-order valence-electron chi connectivity index (χ3n) is 2.64. The first-order valence-corrected chi connectivity index (χ1v) is 6.85. The third-order valence-corrected chi connectivity index (χ3v) is 2.97. The van der Waals surface area contributed by atoms with Gasteiger partial charge in [-0.05, 0) is 33.9 Å². The molecule has 6 heteroatoms. The van der Waals surface area contributed by atoms with Gasteiger partial charge >= 0.3 is 11.8 Å². The molecule has 1 aliphatic rings. The molecule has 2 heterocycles. The molecule has 1 aromatic carbocycles. The standard InChI is InChI=1S/C7H8BrN3O2.C6H6/c8-7-9-5(13-10-7)6(12)11-3-1-2-4-11;1-2-4-6-5-3-1/h1-4H2;1-6H. The Kier molecular flexibility index (Phi) is 5.09. The first kappa shape index (κ1) is 13.7. The lowest BCUT2D eigenvalue weighted by atomic mass is 10.4. The number of hydrogen-bond acceptors (Lipinski definition) is 4. The minimum atomic E-state index is -0.171. The van der Waals surface area contributed by atoms with Gasteiger partial charge in [-0.15, -0.1) is 0 Å². The Morgan fingerprint density at radius 1 is 1.11 bits per heavy atom. The van der Waals surface area contributed by atoms with Crippen molar-refractivity contribution in [2.24, 2.45) is 0 Å². The topological polar surface area (TPSA) is 59.2 Å². The van der Waals surface area contributed by atoms with E-state index in [2.05, 4.69) is 26.1 Å². The molecule has 3 rings (SSSR count). The van der Waals surface area contributed by atoms with Crippen molar-refractivity contribution in [1.29, 1.82) is 0 Å². The number of benzene rings is 1. The molecule has 19 heavy (non-hydrogen) atoms. The van der Waals surface area contributed by atoms with Crippen LogP contribution in [-0.4, -0.2) is 34.0 Å². The molecule has 1 saturated heterocycles. The number of aromatic nitrogens is 2. The van der Waals surface area contributed by atoms with Crippen LogP contribution < -0.4 is 0 Å². The summed E-state index contributed by atoms with van der Waals surface area (Å²) in [5.74, 6) is -0.107. The van der Waals surface area contributed by atoms with Crippen molar-refractivity contribution in [2.45, 2.75) is 12.8 Å². The Morgan fingerprint density at radius 2 is 1.63 bits per heavy atom. The second kappa shape index (κ2) is 7.04. The van der Waals surface area contributed by atoms with E-state index in [4.69, 9.17) is 4.52 Å². The van der Waals surface area contributed by atoms with Crippen LogP contribution in [0.15, 0.2) is 45.7 Å². The summed E-state index contributed by atoms with van der Waals surface area (Å²) in [5, 5.41) is 3.49. The molecule has 0 unspecified atom stereocenters. The summed E-state index contributed by atoms with van der Waals surface area (Å²) in [7, 11) is 0. The Hall–Kier alpha value is -1.69. The lowest BCUT2D eigenvalue weighted by molar-refractivity contribution is 0.0743. The van der Waals surface area contributed by atoms with Crippen molar-refractivity contribution in [3.05, 3.63) is 47.0 Å². The molecule has 1 aromatic heterocycles. The number of halogens is 1. The van der Waals surface area contributed by atoms with Crippen LogP contribution >= 0.6 is 15.9 Å². The van der Waals surface area contributed by atoms with E-state index in [1.807, 2.05) is 36.4 Å². The van der Waals surface area contributed by atoms with E-state index in [0.29, 0.717) is 4.73 Å². The maximum absolute atomic E-state index is 11.6. The highest BCUT2D eigenvalue weighted by atomic mass is 79.9. The fourth-order valence-corrected chi connectivity index (χ4v) is 1.97. The van der Waals surface area contributed by atoms with E-state index in [0.717, 1.165) is 25.9 Å². The molecule has 0 N–H and O–H groups in total. The van der Waals surface area contributed by atoms with Gasteiger partial charge in [-0.1, -0.05) is 36.4 Å². The number of hydrogen-bond donors (Lipinski definition) is 0. The van der Waals surface area contributed by atoms with Gasteiger partial charge < -0.3 is 9.42 Å². The first-order valence-electron chi connectivity index (χ1n) is 6.06. The summed E-state index contributed by atoms with van der Waals surface area (Å²) in [6, 6.07) is 12.0. The highest BCUT2D eigenvalue weighted by Gasteiger charge is 2.24. The number of rotatable bonds is 1. The van der Waals surface area contributed by atoms with Gasteiger partial charge in [0, 0.05) is 13.1 Å². The normalized spacial score (nSPS) is 13.8. The molecule has 100 valence electrons. The largest absolute Gasteiger partial charge is 0.334 e. The second-order valence-electron chi connectivity index (χ2n) is 4.02. The molecule has 1 aliphatic heterocycles. The predicted octanol–water partition coefficient (Wildman–Crippen LogP) is 2.75. The molecule has 0 aliphatic carbocycles. The molecule has 1 fully saturated rings. The minimum Gasteiger partial charge on any atom is -0.334 e. The van der Waals surface area contributed by atoms with Gasteiger partial charge in [0.1, 0.15) is 0 Å². The van der Waals surface area contributed by atoms with Crippen LogP contribution in [0.3, 0.4) is 0 Å². The molecule has 2 aromatic rings. The van der Waals surface area contributed by atoms with Crippen LogP contribution in [0.2, 0.25) is 0 Å². The van der Waals surface area contributed by atoms with E-state index < -0.39 is 0 Å². The maximum Gasteiger partial charge on any atom is 0.316 e. The number of carbonyl (C=O) groups is 1. The van der Waals surface area contributed by atoms with Crippen LogP contribution in [0.25, 0.3) is 0 Å². The Labute approximate surface area is 119 Å². The van der Waals surface area contributed by atoms with Gasteiger partial charge in [0.25, 0.3) is 0 Å². The molecule has 0 saturated carbocycles. The lowest BCUT2D eigenvalue weighted by Gasteiger charge is -2.10. The van der Waals surface area contributed by atoms with Crippen molar-refractivity contribution in [2.75, 3.05) is 13.1 Å². The zero-order valence-corrected chi connectivity index (χ0v) is 11.9. The summed E-state index contributed by atoms with van der Waals surface area (Å²) in [5.41, 5.74) is 0. The quantitative estimate of drug-likeness (QED) is 0.809. The lowest BCUT2D eigenvalue weighted by Crippen LogP contribution is -2.27. The van der Waals surface area contributed by atoms with Gasteiger partial charge in [-0.25, -0.2) is 0 Å². The molecule has 0 radical (unpaired) electrons. The zero-order valence-electron chi connectivity index (χ0n) is 10.3. The monoisotopic (exact) mass is 323 g/mol. The van der Waals surface area contributed by atoms with Crippen LogP contribution in [-0.2, 0) is 0 Å². The smallest absolute Gasteiger partial charge is 0.316 e. The summed E-state index contributed by atoms with van der Waals surface area (Å²) >= 11 is 3.02. The number of likely N-dealkylation sites (tertiary alicyclic amines) is 1. The Bertz CT molecular complexity index is 483. The molecule has 1 amide bonds. The molecule has 0 bridgehead atoms. The van der Waals surface area contributed by atoms with Gasteiger partial charge in [-0.3, -0.25) is 4.79 Å². The summed E-state index contributed by atoms with van der Waals surface area (Å²) in [6.45, 7) is 1.58. The van der Waals surface area contributed by atoms with Crippen molar-refractivity contribution < 1.29 is 9.32 Å². The van der Waals surface area contributed by atoms with Crippen LogP contribution in [0.1, 0.15) is 23.5 Å². The number of carbonyl (C=O) groups excluding carboxylic acids is 1. The van der Waals surface area contributed by atoms with Crippen molar-refractivity contribution in [3.63, 3.8) is 0 Å². The molecule has 0 spiro atoms. The number of amides is 1.